The van der Waals surface area contributed by atoms with Gasteiger partial charge in [-0.25, -0.2) is 9.18 Å². The first-order chi connectivity index (χ1) is 11.6. The standard InChI is InChI=1S/C16H19F4N3O2/c1-22(2)15(25)23-7-3-4-10(9-23)14(24)21-11-5-6-12(13(17)8-11)16(18,19)20/h5-6,8,10H,3-4,7,9H2,1-2H3,(H,21,24). The summed E-state index contributed by atoms with van der Waals surface area (Å²) in [5.74, 6) is -2.39. The third kappa shape index (κ3) is 4.61. The number of nitrogens with one attached hydrogen (secondary N) is 1. The third-order valence-electron chi connectivity index (χ3n) is 3.99. The Hall–Kier alpha value is -2.32. The molecule has 1 unspecified atom stereocenters. The highest BCUT2D eigenvalue weighted by molar-refractivity contribution is 5.93. The van der Waals surface area contributed by atoms with Gasteiger partial charge in [0.05, 0.1) is 11.5 Å². The van der Waals surface area contributed by atoms with Gasteiger partial charge in [-0.3, -0.25) is 4.79 Å². The highest BCUT2D eigenvalue weighted by Crippen LogP contribution is 2.32. The first-order valence-corrected chi connectivity index (χ1v) is 7.73. The van der Waals surface area contributed by atoms with Crippen molar-refractivity contribution >= 4 is 17.6 Å². The van der Waals surface area contributed by atoms with E-state index in [-0.39, 0.29) is 18.3 Å². The quantitative estimate of drug-likeness (QED) is 0.823. The number of amides is 3. The minimum atomic E-state index is -4.79. The van der Waals surface area contributed by atoms with Crippen LogP contribution < -0.4 is 5.32 Å². The van der Waals surface area contributed by atoms with Crippen molar-refractivity contribution in [1.82, 2.24) is 9.80 Å². The molecule has 0 spiro atoms. The summed E-state index contributed by atoms with van der Waals surface area (Å²) in [6.07, 6.45) is -3.60. The van der Waals surface area contributed by atoms with Crippen LogP contribution in [0.15, 0.2) is 18.2 Å². The molecule has 25 heavy (non-hydrogen) atoms. The minimum Gasteiger partial charge on any atom is -0.331 e. The summed E-state index contributed by atoms with van der Waals surface area (Å²) in [4.78, 5) is 27.2. The Balaban J connectivity index is 2.04. The molecule has 1 saturated heterocycles. The number of anilines is 1. The number of nitrogens with zero attached hydrogens (tertiary/aromatic N) is 2. The number of benzene rings is 1. The Labute approximate surface area is 142 Å². The van der Waals surface area contributed by atoms with E-state index in [9.17, 15) is 27.2 Å². The molecule has 0 aromatic heterocycles. The average molecular weight is 361 g/mol. The zero-order valence-corrected chi connectivity index (χ0v) is 13.9. The van der Waals surface area contributed by atoms with Crippen molar-refractivity contribution in [2.24, 2.45) is 5.92 Å². The average Bonchev–Trinajstić information content (AvgIpc) is 2.53. The van der Waals surface area contributed by atoms with Crippen LogP contribution in [0.2, 0.25) is 0 Å². The predicted octanol–water partition coefficient (Wildman–Crippen LogP) is 3.18. The van der Waals surface area contributed by atoms with Crippen molar-refractivity contribution in [3.63, 3.8) is 0 Å². The van der Waals surface area contributed by atoms with E-state index in [0.717, 1.165) is 6.07 Å². The number of halogens is 4. The lowest BCUT2D eigenvalue weighted by atomic mass is 9.97. The van der Waals surface area contributed by atoms with Gasteiger partial charge < -0.3 is 15.1 Å². The SMILES string of the molecule is CN(C)C(=O)N1CCCC(C(=O)Nc2ccc(C(F)(F)F)c(F)c2)C1. The molecule has 2 rings (SSSR count). The van der Waals surface area contributed by atoms with E-state index in [0.29, 0.717) is 31.5 Å². The summed E-state index contributed by atoms with van der Waals surface area (Å²) in [6, 6.07) is 2.04. The Morgan fingerprint density at radius 1 is 1.28 bits per heavy atom. The summed E-state index contributed by atoms with van der Waals surface area (Å²) in [7, 11) is 3.22. The molecule has 3 amide bonds. The molecule has 1 aromatic carbocycles. The molecular formula is C16H19F4N3O2. The van der Waals surface area contributed by atoms with E-state index in [2.05, 4.69) is 5.32 Å². The van der Waals surface area contributed by atoms with E-state index < -0.39 is 29.4 Å². The number of alkyl halides is 3. The number of piperidine rings is 1. The second-order valence-corrected chi connectivity index (χ2v) is 6.14. The van der Waals surface area contributed by atoms with Gasteiger partial charge in [0.1, 0.15) is 5.82 Å². The van der Waals surface area contributed by atoms with E-state index in [1.807, 2.05) is 0 Å². The fraction of sp³-hybridized carbons (Fsp3) is 0.500. The first kappa shape index (κ1) is 19.0. The number of hydrogen-bond donors (Lipinski definition) is 1. The zero-order chi connectivity index (χ0) is 18.8. The maximum Gasteiger partial charge on any atom is 0.419 e. The molecular weight excluding hydrogens is 342 g/mol. The Bertz CT molecular complexity index is 661. The molecule has 1 atom stereocenters. The molecule has 0 aliphatic carbocycles. The molecule has 1 aromatic rings. The molecule has 1 aliphatic rings. The molecule has 0 radical (unpaired) electrons. The maximum atomic E-state index is 13.6. The molecule has 0 saturated carbocycles. The highest BCUT2D eigenvalue weighted by atomic mass is 19.4. The van der Waals surface area contributed by atoms with Crippen LogP contribution in [-0.2, 0) is 11.0 Å². The number of hydrogen-bond acceptors (Lipinski definition) is 2. The molecule has 5 nitrogen and oxygen atoms in total. The second-order valence-electron chi connectivity index (χ2n) is 6.14. The molecule has 1 N–H and O–H groups in total. The summed E-state index contributed by atoms with van der Waals surface area (Å²) in [5, 5.41) is 2.42. The van der Waals surface area contributed by atoms with Gasteiger partial charge in [0.25, 0.3) is 0 Å². The monoisotopic (exact) mass is 361 g/mol. The van der Waals surface area contributed by atoms with Crippen molar-refractivity contribution in [1.29, 1.82) is 0 Å². The van der Waals surface area contributed by atoms with Crippen LogP contribution >= 0.6 is 0 Å². The largest absolute Gasteiger partial charge is 0.419 e. The number of carbonyl (C=O) groups is 2. The smallest absolute Gasteiger partial charge is 0.331 e. The van der Waals surface area contributed by atoms with E-state index in [1.165, 1.54) is 4.90 Å². The zero-order valence-electron chi connectivity index (χ0n) is 13.9. The van der Waals surface area contributed by atoms with E-state index in [1.54, 1.807) is 19.0 Å². The number of urea groups is 1. The summed E-state index contributed by atoms with van der Waals surface area (Å²) < 4.78 is 51.2. The van der Waals surface area contributed by atoms with Crippen LogP contribution in [0.3, 0.4) is 0 Å². The fourth-order valence-corrected chi connectivity index (χ4v) is 2.71. The van der Waals surface area contributed by atoms with Crippen LogP contribution in [0.5, 0.6) is 0 Å². The van der Waals surface area contributed by atoms with Crippen LogP contribution in [0, 0.1) is 11.7 Å². The van der Waals surface area contributed by atoms with Gasteiger partial charge in [0, 0.05) is 32.9 Å². The Morgan fingerprint density at radius 3 is 2.52 bits per heavy atom. The maximum absolute atomic E-state index is 13.6. The van der Waals surface area contributed by atoms with E-state index >= 15 is 0 Å². The van der Waals surface area contributed by atoms with Gasteiger partial charge >= 0.3 is 12.2 Å². The normalized spacial score (nSPS) is 18.0. The van der Waals surface area contributed by atoms with Crippen molar-refractivity contribution in [2.75, 3.05) is 32.5 Å². The summed E-state index contributed by atoms with van der Waals surface area (Å²) in [5.41, 5.74) is -1.43. The lowest BCUT2D eigenvalue weighted by molar-refractivity contribution is -0.140. The van der Waals surface area contributed by atoms with Crippen LogP contribution in [0.1, 0.15) is 18.4 Å². The van der Waals surface area contributed by atoms with Gasteiger partial charge in [-0.1, -0.05) is 0 Å². The van der Waals surface area contributed by atoms with Gasteiger partial charge in [-0.2, -0.15) is 13.2 Å². The van der Waals surface area contributed by atoms with Gasteiger partial charge in [-0.05, 0) is 31.0 Å². The minimum absolute atomic E-state index is 0.0495. The third-order valence-corrected chi connectivity index (χ3v) is 3.99. The highest BCUT2D eigenvalue weighted by Gasteiger charge is 2.34. The Kier molecular flexibility index (Phi) is 5.54. The van der Waals surface area contributed by atoms with Crippen LogP contribution in [0.4, 0.5) is 28.0 Å². The topological polar surface area (TPSA) is 52.7 Å². The second kappa shape index (κ2) is 7.28. The summed E-state index contributed by atoms with van der Waals surface area (Å²) >= 11 is 0. The molecule has 0 bridgehead atoms. The Morgan fingerprint density at radius 2 is 1.96 bits per heavy atom. The number of rotatable bonds is 2. The predicted molar refractivity (Wildman–Crippen MR) is 83.4 cm³/mol. The molecule has 138 valence electrons. The van der Waals surface area contributed by atoms with Gasteiger partial charge in [0.15, 0.2) is 0 Å². The van der Waals surface area contributed by atoms with Crippen molar-refractivity contribution < 1.29 is 27.2 Å². The molecule has 1 heterocycles. The fourth-order valence-electron chi connectivity index (χ4n) is 2.71. The molecule has 9 heteroatoms. The van der Waals surface area contributed by atoms with Crippen molar-refractivity contribution in [3.05, 3.63) is 29.6 Å². The van der Waals surface area contributed by atoms with E-state index in [4.69, 9.17) is 0 Å². The van der Waals surface area contributed by atoms with Crippen LogP contribution in [0.25, 0.3) is 0 Å². The van der Waals surface area contributed by atoms with Crippen molar-refractivity contribution in [2.45, 2.75) is 19.0 Å². The lowest BCUT2D eigenvalue weighted by Gasteiger charge is -2.33. The van der Waals surface area contributed by atoms with Crippen LogP contribution in [-0.4, -0.2) is 48.9 Å². The molecule has 1 fully saturated rings. The summed E-state index contributed by atoms with van der Waals surface area (Å²) in [6.45, 7) is 0.752. The first-order valence-electron chi connectivity index (χ1n) is 7.73. The van der Waals surface area contributed by atoms with Crippen molar-refractivity contribution in [3.8, 4) is 0 Å². The number of likely N-dealkylation sites (tertiary alicyclic amines) is 1. The lowest BCUT2D eigenvalue weighted by Crippen LogP contribution is -2.47. The van der Waals surface area contributed by atoms with Gasteiger partial charge in [0.2, 0.25) is 5.91 Å². The number of carbonyl (C=O) groups excluding carboxylic acids is 2. The molecule has 1 aliphatic heterocycles. The van der Waals surface area contributed by atoms with Gasteiger partial charge in [-0.15, -0.1) is 0 Å².